The molecule has 0 bridgehead atoms. The second-order valence-electron chi connectivity index (χ2n) is 4.75. The molecule has 1 aromatic carbocycles. The third-order valence-corrected chi connectivity index (χ3v) is 3.64. The Balaban J connectivity index is 1.94. The van der Waals surface area contributed by atoms with E-state index >= 15 is 0 Å². The lowest BCUT2D eigenvalue weighted by Crippen LogP contribution is -2.39. The van der Waals surface area contributed by atoms with E-state index in [1.165, 1.54) is 18.2 Å². The molecule has 116 valence electrons. The molecular formula is C13H12ClF4NO2. The van der Waals surface area contributed by atoms with Crippen LogP contribution in [0.2, 0.25) is 5.02 Å². The van der Waals surface area contributed by atoms with Gasteiger partial charge in [0.15, 0.2) is 0 Å². The zero-order chi connectivity index (χ0) is 15.6. The SMILES string of the molecule is O=C(ON1CCC(c2cc(F)ccc2Cl)CC1)C(F)(F)F. The van der Waals surface area contributed by atoms with E-state index in [4.69, 9.17) is 11.6 Å². The van der Waals surface area contributed by atoms with Crippen LogP contribution in [0.5, 0.6) is 0 Å². The normalized spacial score (nSPS) is 17.8. The molecule has 1 heterocycles. The Hall–Kier alpha value is -1.34. The predicted molar refractivity (Wildman–Crippen MR) is 67.1 cm³/mol. The maximum atomic E-state index is 13.2. The van der Waals surface area contributed by atoms with Crippen LogP contribution < -0.4 is 0 Å². The van der Waals surface area contributed by atoms with Crippen LogP contribution in [0, 0.1) is 5.82 Å². The Bertz CT molecular complexity index is 527. The first-order chi connectivity index (χ1) is 9.77. The number of carbonyl (C=O) groups excluding carboxylic acids is 1. The molecule has 1 aliphatic rings. The Morgan fingerprint density at radius 3 is 2.48 bits per heavy atom. The molecule has 0 atom stereocenters. The highest BCUT2D eigenvalue weighted by molar-refractivity contribution is 6.31. The number of benzene rings is 1. The van der Waals surface area contributed by atoms with Crippen molar-refractivity contribution in [2.75, 3.05) is 13.1 Å². The molecule has 1 saturated heterocycles. The van der Waals surface area contributed by atoms with Gasteiger partial charge >= 0.3 is 12.1 Å². The third kappa shape index (κ3) is 4.07. The first-order valence-corrected chi connectivity index (χ1v) is 6.64. The summed E-state index contributed by atoms with van der Waals surface area (Å²) in [6.45, 7) is 0.276. The Kier molecular flexibility index (Phi) is 4.73. The van der Waals surface area contributed by atoms with E-state index < -0.39 is 18.0 Å². The van der Waals surface area contributed by atoms with Gasteiger partial charge in [-0.3, -0.25) is 0 Å². The Morgan fingerprint density at radius 2 is 1.90 bits per heavy atom. The number of hydroxylamine groups is 2. The number of rotatable bonds is 2. The number of hydrogen-bond donors (Lipinski definition) is 0. The topological polar surface area (TPSA) is 29.5 Å². The minimum atomic E-state index is -5.01. The van der Waals surface area contributed by atoms with Crippen LogP contribution >= 0.6 is 11.6 Å². The number of piperidine rings is 1. The molecule has 0 aliphatic carbocycles. The van der Waals surface area contributed by atoms with Crippen LogP contribution in [-0.4, -0.2) is 30.3 Å². The van der Waals surface area contributed by atoms with Crippen molar-refractivity contribution in [1.29, 1.82) is 0 Å². The number of alkyl halides is 3. The number of nitrogens with zero attached hydrogens (tertiary/aromatic N) is 1. The van der Waals surface area contributed by atoms with Gasteiger partial charge in [-0.2, -0.15) is 13.2 Å². The van der Waals surface area contributed by atoms with Gasteiger partial charge in [0.2, 0.25) is 0 Å². The first-order valence-electron chi connectivity index (χ1n) is 6.26. The molecule has 0 spiro atoms. The largest absolute Gasteiger partial charge is 0.492 e. The van der Waals surface area contributed by atoms with Crippen molar-refractivity contribution in [2.45, 2.75) is 24.9 Å². The first kappa shape index (κ1) is 16.0. The van der Waals surface area contributed by atoms with Crippen molar-refractivity contribution in [1.82, 2.24) is 5.06 Å². The predicted octanol–water partition coefficient (Wildman–Crippen LogP) is 3.68. The highest BCUT2D eigenvalue weighted by atomic mass is 35.5. The summed E-state index contributed by atoms with van der Waals surface area (Å²) >= 11 is 6.00. The van der Waals surface area contributed by atoms with Crippen LogP contribution in [0.3, 0.4) is 0 Å². The summed E-state index contributed by atoms with van der Waals surface area (Å²) in [5.74, 6) is -2.72. The summed E-state index contributed by atoms with van der Waals surface area (Å²) in [6.07, 6.45) is -4.16. The summed E-state index contributed by atoms with van der Waals surface area (Å²) in [7, 11) is 0. The molecular weight excluding hydrogens is 314 g/mol. The third-order valence-electron chi connectivity index (χ3n) is 3.30. The van der Waals surface area contributed by atoms with Gasteiger partial charge in [-0.1, -0.05) is 11.6 Å². The molecule has 21 heavy (non-hydrogen) atoms. The van der Waals surface area contributed by atoms with Crippen molar-refractivity contribution in [2.24, 2.45) is 0 Å². The molecule has 1 fully saturated rings. The monoisotopic (exact) mass is 325 g/mol. The van der Waals surface area contributed by atoms with E-state index in [1.54, 1.807) is 0 Å². The van der Waals surface area contributed by atoms with Crippen molar-refractivity contribution < 1.29 is 27.2 Å². The quantitative estimate of drug-likeness (QED) is 0.777. The molecule has 2 rings (SSSR count). The summed E-state index contributed by atoms with van der Waals surface area (Å²) in [6, 6.07) is 4.01. The lowest BCUT2D eigenvalue weighted by Gasteiger charge is -2.31. The molecule has 0 saturated carbocycles. The highest BCUT2D eigenvalue weighted by Gasteiger charge is 2.43. The van der Waals surface area contributed by atoms with E-state index in [0.29, 0.717) is 23.4 Å². The summed E-state index contributed by atoms with van der Waals surface area (Å²) in [5.41, 5.74) is 0.624. The fourth-order valence-corrected chi connectivity index (χ4v) is 2.53. The van der Waals surface area contributed by atoms with Gasteiger partial charge in [0.05, 0.1) is 0 Å². The molecule has 1 aromatic rings. The lowest BCUT2D eigenvalue weighted by atomic mass is 9.90. The fraction of sp³-hybridized carbons (Fsp3) is 0.462. The average Bonchev–Trinajstić information content (AvgIpc) is 2.41. The summed E-state index contributed by atoms with van der Waals surface area (Å²) in [4.78, 5) is 15.0. The second kappa shape index (κ2) is 6.19. The van der Waals surface area contributed by atoms with E-state index in [0.717, 1.165) is 5.06 Å². The molecule has 0 N–H and O–H groups in total. The summed E-state index contributed by atoms with van der Waals surface area (Å²) in [5, 5.41) is 1.39. The van der Waals surface area contributed by atoms with E-state index in [-0.39, 0.29) is 19.0 Å². The van der Waals surface area contributed by atoms with E-state index in [2.05, 4.69) is 4.84 Å². The second-order valence-corrected chi connectivity index (χ2v) is 5.15. The Morgan fingerprint density at radius 1 is 1.29 bits per heavy atom. The highest BCUT2D eigenvalue weighted by Crippen LogP contribution is 2.33. The molecule has 0 radical (unpaired) electrons. The van der Waals surface area contributed by atoms with Gasteiger partial charge in [0.1, 0.15) is 5.82 Å². The smallest absolute Gasteiger partial charge is 0.361 e. The average molecular weight is 326 g/mol. The minimum Gasteiger partial charge on any atom is -0.361 e. The number of hydrogen-bond acceptors (Lipinski definition) is 3. The zero-order valence-electron chi connectivity index (χ0n) is 10.8. The van der Waals surface area contributed by atoms with Gasteiger partial charge in [0.25, 0.3) is 0 Å². The lowest BCUT2D eigenvalue weighted by molar-refractivity contribution is -0.241. The van der Waals surface area contributed by atoms with E-state index in [1.807, 2.05) is 0 Å². The summed E-state index contributed by atoms with van der Waals surface area (Å²) < 4.78 is 49.5. The number of halogens is 5. The molecule has 0 amide bonds. The maximum absolute atomic E-state index is 13.2. The van der Waals surface area contributed by atoms with Crippen LogP contribution in [0.1, 0.15) is 24.3 Å². The minimum absolute atomic E-state index is 0.0750. The van der Waals surface area contributed by atoms with Crippen molar-refractivity contribution in [3.8, 4) is 0 Å². The zero-order valence-corrected chi connectivity index (χ0v) is 11.5. The van der Waals surface area contributed by atoms with Crippen LogP contribution in [0.25, 0.3) is 0 Å². The maximum Gasteiger partial charge on any atom is 0.492 e. The molecule has 1 aliphatic heterocycles. The molecule has 8 heteroatoms. The fourth-order valence-electron chi connectivity index (χ4n) is 2.25. The van der Waals surface area contributed by atoms with Gasteiger partial charge < -0.3 is 4.84 Å². The Labute approximate surface area is 123 Å². The van der Waals surface area contributed by atoms with Crippen molar-refractivity contribution in [3.63, 3.8) is 0 Å². The molecule has 3 nitrogen and oxygen atoms in total. The van der Waals surface area contributed by atoms with Crippen LogP contribution in [-0.2, 0) is 9.63 Å². The number of carbonyl (C=O) groups is 1. The van der Waals surface area contributed by atoms with Crippen molar-refractivity contribution in [3.05, 3.63) is 34.6 Å². The van der Waals surface area contributed by atoms with Gasteiger partial charge in [0, 0.05) is 18.1 Å². The van der Waals surface area contributed by atoms with Gasteiger partial charge in [-0.15, -0.1) is 5.06 Å². The van der Waals surface area contributed by atoms with E-state index in [9.17, 15) is 22.4 Å². The van der Waals surface area contributed by atoms with Gasteiger partial charge in [-0.05, 0) is 42.5 Å². The van der Waals surface area contributed by atoms with Crippen LogP contribution in [0.15, 0.2) is 18.2 Å². The standard InChI is InChI=1S/C13H12ClF4NO2/c14-11-2-1-9(15)7-10(11)8-3-5-19(6-4-8)21-12(20)13(16,17)18/h1-2,7-8H,3-6H2. The van der Waals surface area contributed by atoms with Gasteiger partial charge in [-0.25, -0.2) is 9.18 Å². The van der Waals surface area contributed by atoms with Crippen LogP contribution in [0.4, 0.5) is 17.6 Å². The molecule has 0 aromatic heterocycles. The molecule has 0 unspecified atom stereocenters. The van der Waals surface area contributed by atoms with Crippen molar-refractivity contribution >= 4 is 17.6 Å².